The maximum atomic E-state index is 14.0. The summed E-state index contributed by atoms with van der Waals surface area (Å²) < 4.78 is 62.4. The molecule has 3 rings (SSSR count). The first-order chi connectivity index (χ1) is 16.7. The van der Waals surface area contributed by atoms with Crippen molar-refractivity contribution in [3.8, 4) is 0 Å². The van der Waals surface area contributed by atoms with E-state index in [1.165, 1.54) is 13.8 Å². The van der Waals surface area contributed by atoms with Gasteiger partial charge in [-0.1, -0.05) is 20.8 Å². The van der Waals surface area contributed by atoms with Crippen molar-refractivity contribution in [3.05, 3.63) is 11.6 Å². The molecule has 9 nitrogen and oxygen atoms in total. The van der Waals surface area contributed by atoms with Gasteiger partial charge in [0, 0.05) is 12.3 Å². The number of esters is 2. The summed E-state index contributed by atoms with van der Waals surface area (Å²) in [4.78, 5) is 39.7. The summed E-state index contributed by atoms with van der Waals surface area (Å²) >= 11 is 0. The quantitative estimate of drug-likeness (QED) is 0.229. The minimum absolute atomic E-state index is 0.0179. The lowest BCUT2D eigenvalue weighted by Crippen LogP contribution is -2.76. The first kappa shape index (κ1) is 29.7. The van der Waals surface area contributed by atoms with Crippen molar-refractivity contribution >= 4 is 26.0 Å². The first-order valence-corrected chi connectivity index (χ1v) is 14.8. The molecule has 37 heavy (non-hydrogen) atoms. The van der Waals surface area contributed by atoms with Gasteiger partial charge in [0.2, 0.25) is 0 Å². The van der Waals surface area contributed by atoms with Gasteiger partial charge in [-0.3, -0.25) is 9.59 Å². The molecule has 0 aromatic rings. The van der Waals surface area contributed by atoms with Crippen LogP contribution < -0.4 is 0 Å². The molecule has 0 aromatic heterocycles. The van der Waals surface area contributed by atoms with Gasteiger partial charge in [-0.25, -0.2) is 4.79 Å². The number of halogens is 3. The van der Waals surface area contributed by atoms with E-state index in [1.54, 1.807) is 13.1 Å². The number of carbonyl (C=O) groups excluding carboxylic acids is 3. The van der Waals surface area contributed by atoms with Crippen LogP contribution in [0.25, 0.3) is 0 Å². The molecule has 7 atom stereocenters. The molecule has 1 saturated carbocycles. The third kappa shape index (κ3) is 4.00. The molecule has 2 fully saturated rings. The maximum Gasteiger partial charge on any atom is 0.490 e. The van der Waals surface area contributed by atoms with Gasteiger partial charge in [-0.15, -0.1) is 0 Å². The number of aliphatic hydroxyl groups excluding tert-OH is 2. The van der Waals surface area contributed by atoms with Crippen LogP contribution in [0.15, 0.2) is 11.6 Å². The molecule has 3 aliphatic rings. The zero-order valence-electron chi connectivity index (χ0n) is 22.2. The van der Waals surface area contributed by atoms with Crippen molar-refractivity contribution in [2.75, 3.05) is 13.7 Å². The Hall–Kier alpha value is -1.80. The fourth-order valence-corrected chi connectivity index (χ4v) is 6.96. The minimum Gasteiger partial charge on any atom is -0.468 e. The second-order valence-corrected chi connectivity index (χ2v) is 16.6. The van der Waals surface area contributed by atoms with E-state index in [0.717, 1.165) is 13.2 Å². The summed E-state index contributed by atoms with van der Waals surface area (Å²) in [7, 11) is -2.02. The SMILES string of the molecule is COC(=O)[C@]12C(=O)C[C@@H]3[C@@H](O)[C@]1(O[C@@]3(C)CO)C(C)=C[C@H](OC(=O)C(F)(F)F)[C@H]2O[Si](C)(C)C(C)(C)C. The van der Waals surface area contributed by atoms with Crippen molar-refractivity contribution in [3.63, 3.8) is 0 Å². The zero-order valence-corrected chi connectivity index (χ0v) is 23.2. The van der Waals surface area contributed by atoms with E-state index < -0.39 is 91.1 Å². The molecular weight excluding hydrogens is 517 g/mol. The Labute approximate surface area is 214 Å². The van der Waals surface area contributed by atoms with E-state index in [9.17, 15) is 37.8 Å². The Morgan fingerprint density at radius 3 is 2.27 bits per heavy atom. The molecule has 0 amide bonds. The van der Waals surface area contributed by atoms with Gasteiger partial charge in [0.05, 0.1) is 25.4 Å². The van der Waals surface area contributed by atoms with Crippen LogP contribution in [0.2, 0.25) is 18.1 Å². The van der Waals surface area contributed by atoms with Crippen LogP contribution in [0.5, 0.6) is 0 Å². The molecule has 1 aliphatic heterocycles. The monoisotopic (exact) mass is 552 g/mol. The zero-order chi connectivity index (χ0) is 28.6. The third-order valence-electron chi connectivity index (χ3n) is 8.66. The average Bonchev–Trinajstić information content (AvgIpc) is 2.92. The van der Waals surface area contributed by atoms with Crippen LogP contribution in [-0.4, -0.2) is 85.7 Å². The number of rotatable bonds is 5. The number of fused-ring (bicyclic) bond motifs is 1. The number of aliphatic hydroxyl groups is 2. The molecule has 1 heterocycles. The lowest BCUT2D eigenvalue weighted by molar-refractivity contribution is -0.235. The highest BCUT2D eigenvalue weighted by atomic mass is 28.4. The summed E-state index contributed by atoms with van der Waals surface area (Å²) in [6.07, 6.45) is -9.91. The average molecular weight is 553 g/mol. The minimum atomic E-state index is -5.36. The number of Topliss-reactive ketones (excluding diaryl/α,β-unsaturated/α-hetero) is 1. The van der Waals surface area contributed by atoms with Gasteiger partial charge in [0.1, 0.15) is 17.8 Å². The molecule has 210 valence electrons. The Kier molecular flexibility index (Phi) is 7.13. The number of methoxy groups -OCH3 is 1. The number of alkyl halides is 3. The van der Waals surface area contributed by atoms with Gasteiger partial charge < -0.3 is 28.8 Å². The normalized spacial score (nSPS) is 38.1. The highest BCUT2D eigenvalue weighted by Gasteiger charge is 2.83. The molecule has 2 aliphatic carbocycles. The van der Waals surface area contributed by atoms with Gasteiger partial charge in [-0.05, 0) is 43.6 Å². The molecule has 13 heteroatoms. The molecule has 1 spiro atoms. The number of hydrogen-bond acceptors (Lipinski definition) is 9. The lowest BCUT2D eigenvalue weighted by atomic mass is 9.51. The molecule has 2 bridgehead atoms. The van der Waals surface area contributed by atoms with Crippen LogP contribution in [0.1, 0.15) is 41.0 Å². The molecule has 1 saturated heterocycles. The van der Waals surface area contributed by atoms with E-state index in [4.69, 9.17) is 18.6 Å². The van der Waals surface area contributed by atoms with E-state index in [2.05, 4.69) is 0 Å². The van der Waals surface area contributed by atoms with Crippen molar-refractivity contribution in [1.29, 1.82) is 0 Å². The second-order valence-electron chi connectivity index (χ2n) is 11.8. The number of ether oxygens (including phenoxy) is 3. The Balaban J connectivity index is 2.39. The fourth-order valence-electron chi connectivity index (χ4n) is 5.66. The largest absolute Gasteiger partial charge is 0.490 e. The summed E-state index contributed by atoms with van der Waals surface area (Å²) in [6, 6.07) is 0. The van der Waals surface area contributed by atoms with E-state index in [1.807, 2.05) is 20.8 Å². The number of ketones is 1. The van der Waals surface area contributed by atoms with Gasteiger partial charge >= 0.3 is 18.1 Å². The van der Waals surface area contributed by atoms with Crippen LogP contribution in [-0.2, 0) is 33.0 Å². The Bertz CT molecular complexity index is 1020. The smallest absolute Gasteiger partial charge is 0.468 e. The highest BCUT2D eigenvalue weighted by molar-refractivity contribution is 6.74. The number of hydrogen-bond donors (Lipinski definition) is 2. The van der Waals surface area contributed by atoms with Gasteiger partial charge in [0.25, 0.3) is 0 Å². The molecular formula is C24H35F3O9Si. The van der Waals surface area contributed by atoms with Gasteiger partial charge in [-0.2, -0.15) is 13.2 Å². The van der Waals surface area contributed by atoms with E-state index in [-0.39, 0.29) is 5.57 Å². The van der Waals surface area contributed by atoms with Crippen molar-refractivity contribution in [1.82, 2.24) is 0 Å². The van der Waals surface area contributed by atoms with Crippen LogP contribution in [0, 0.1) is 11.3 Å². The van der Waals surface area contributed by atoms with E-state index in [0.29, 0.717) is 0 Å². The molecule has 0 radical (unpaired) electrons. The number of carbonyl (C=O) groups is 3. The topological polar surface area (TPSA) is 129 Å². The van der Waals surface area contributed by atoms with Crippen LogP contribution >= 0.6 is 0 Å². The maximum absolute atomic E-state index is 14.0. The summed E-state index contributed by atoms with van der Waals surface area (Å²) in [5.41, 5.74) is -6.17. The van der Waals surface area contributed by atoms with Crippen LogP contribution in [0.3, 0.4) is 0 Å². The van der Waals surface area contributed by atoms with Gasteiger partial charge in [0.15, 0.2) is 19.5 Å². The standard InChI is InChI=1S/C24H35F3O9Si/c1-12-9-14(34-19(32)24(25,26)27)17(35-37(7,8)20(2,3)4)22(18(31)33-6)15(29)10-13-16(30)23(12,22)36-21(13,5)11-28/h9,13-14,16-17,28,30H,10-11H2,1-8H3/t13-,14+,16-,17-,21+,22-,23-/m1/s1. The molecule has 2 N–H and O–H groups in total. The molecule has 0 aromatic carbocycles. The predicted octanol–water partition coefficient (Wildman–Crippen LogP) is 2.44. The fraction of sp³-hybridized carbons (Fsp3) is 0.792. The summed E-state index contributed by atoms with van der Waals surface area (Å²) in [5.74, 6) is -5.48. The first-order valence-electron chi connectivity index (χ1n) is 11.9. The summed E-state index contributed by atoms with van der Waals surface area (Å²) in [6.45, 7) is 11.2. The Morgan fingerprint density at radius 2 is 1.81 bits per heavy atom. The highest BCUT2D eigenvalue weighted by Crippen LogP contribution is 2.65. The lowest BCUT2D eigenvalue weighted by Gasteiger charge is -2.57. The van der Waals surface area contributed by atoms with Crippen molar-refractivity contribution < 1.29 is 56.4 Å². The second kappa shape index (κ2) is 8.87. The van der Waals surface area contributed by atoms with Crippen molar-refractivity contribution in [2.45, 2.75) is 94.9 Å². The summed E-state index contributed by atoms with van der Waals surface area (Å²) in [5, 5.41) is 21.2. The Morgan fingerprint density at radius 1 is 1.24 bits per heavy atom. The van der Waals surface area contributed by atoms with Crippen molar-refractivity contribution in [2.24, 2.45) is 11.3 Å². The van der Waals surface area contributed by atoms with Crippen LogP contribution in [0.4, 0.5) is 13.2 Å². The predicted molar refractivity (Wildman–Crippen MR) is 125 cm³/mol. The third-order valence-corrected chi connectivity index (χ3v) is 13.1. The molecule has 0 unspecified atom stereocenters. The van der Waals surface area contributed by atoms with E-state index >= 15 is 0 Å².